The largest absolute Gasteiger partial charge is 0.383 e. The maximum Gasteiger partial charge on any atom is 0.0599 e. The van der Waals surface area contributed by atoms with Gasteiger partial charge in [-0.15, -0.1) is 0 Å². The third kappa shape index (κ3) is 18.8. The van der Waals surface area contributed by atoms with Crippen molar-refractivity contribution >= 4 is 12.8 Å². The first-order valence-electron chi connectivity index (χ1n) is 3.23. The van der Waals surface area contributed by atoms with Crippen molar-refractivity contribution in [2.75, 3.05) is 40.5 Å². The molecule has 0 aromatic heterocycles. The number of hydrogen-bond acceptors (Lipinski definition) is 4. The van der Waals surface area contributed by atoms with Crippen LogP contribution >= 0.6 is 12.8 Å². The quantitative estimate of drug-likeness (QED) is 0.678. The molecule has 0 unspecified atom stereocenters. The fourth-order valence-electron chi connectivity index (χ4n) is 0.505. The van der Waals surface area contributed by atoms with Gasteiger partial charge in [-0.1, -0.05) is 12.8 Å². The lowest BCUT2D eigenvalue weighted by Gasteiger charge is -2.12. The molecule has 0 atom stereocenters. The van der Waals surface area contributed by atoms with Crippen LogP contribution in [0.2, 0.25) is 0 Å². The van der Waals surface area contributed by atoms with Gasteiger partial charge >= 0.3 is 0 Å². The molecular weight excluding hydrogens is 207 g/mol. The second-order valence-electron chi connectivity index (χ2n) is 1.94. The van der Waals surface area contributed by atoms with E-state index in [0.29, 0.717) is 13.2 Å². The molecule has 0 aromatic carbocycles. The van der Waals surface area contributed by atoms with Gasteiger partial charge in [0, 0.05) is 27.3 Å². The first-order chi connectivity index (χ1) is 4.81. The molecule has 0 radical (unpaired) electrons. The van der Waals surface area contributed by atoms with Crippen molar-refractivity contribution in [3.05, 3.63) is 0 Å². The SMILES string of the molecule is COCCN(S)CCOC.F.F.F. The summed E-state index contributed by atoms with van der Waals surface area (Å²) in [6, 6.07) is 0. The molecule has 0 rings (SSSR count). The first kappa shape index (κ1) is 23.1. The predicted molar refractivity (Wildman–Crippen MR) is 51.8 cm³/mol. The smallest absolute Gasteiger partial charge is 0.0599 e. The predicted octanol–water partition coefficient (Wildman–Crippen LogP) is 0.883. The molecule has 7 heteroatoms. The third-order valence-electron chi connectivity index (χ3n) is 1.11. The lowest BCUT2D eigenvalue weighted by molar-refractivity contribution is 0.155. The summed E-state index contributed by atoms with van der Waals surface area (Å²) >= 11 is 4.17. The number of methoxy groups -OCH3 is 2. The van der Waals surface area contributed by atoms with Crippen LogP contribution in [0, 0.1) is 0 Å². The molecule has 0 spiro atoms. The van der Waals surface area contributed by atoms with Gasteiger partial charge < -0.3 is 9.47 Å². The summed E-state index contributed by atoms with van der Waals surface area (Å²) in [5.74, 6) is 0. The Kier molecular flexibility index (Phi) is 31.9. The van der Waals surface area contributed by atoms with Crippen LogP contribution in [-0.4, -0.2) is 44.8 Å². The summed E-state index contributed by atoms with van der Waals surface area (Å²) in [7, 11) is 3.36. The molecule has 0 N–H and O–H groups in total. The number of ether oxygens (including phenoxy) is 2. The third-order valence-corrected chi connectivity index (χ3v) is 1.51. The van der Waals surface area contributed by atoms with E-state index in [9.17, 15) is 0 Å². The van der Waals surface area contributed by atoms with Crippen molar-refractivity contribution in [1.82, 2.24) is 4.31 Å². The highest BCUT2D eigenvalue weighted by Gasteiger charge is 1.95. The van der Waals surface area contributed by atoms with Crippen LogP contribution in [-0.2, 0) is 9.47 Å². The van der Waals surface area contributed by atoms with Gasteiger partial charge in [-0.05, 0) is 0 Å². The zero-order valence-electron chi connectivity index (χ0n) is 7.76. The summed E-state index contributed by atoms with van der Waals surface area (Å²) in [4.78, 5) is 0. The van der Waals surface area contributed by atoms with E-state index in [-0.39, 0.29) is 14.1 Å². The Morgan fingerprint density at radius 3 is 1.46 bits per heavy atom. The number of halogens is 3. The fourth-order valence-corrected chi connectivity index (χ4v) is 0.668. The maximum atomic E-state index is 4.86. The van der Waals surface area contributed by atoms with Crippen LogP contribution in [0.4, 0.5) is 14.1 Å². The number of rotatable bonds is 6. The molecule has 0 bridgehead atoms. The molecule has 3 nitrogen and oxygen atoms in total. The second-order valence-corrected chi connectivity index (χ2v) is 2.50. The minimum absolute atomic E-state index is 0. The number of nitrogens with zero attached hydrogens (tertiary/aromatic N) is 1. The van der Waals surface area contributed by atoms with E-state index >= 15 is 0 Å². The summed E-state index contributed by atoms with van der Waals surface area (Å²) in [5.41, 5.74) is 0. The van der Waals surface area contributed by atoms with Gasteiger partial charge in [0.1, 0.15) is 0 Å². The van der Waals surface area contributed by atoms with E-state index < -0.39 is 0 Å². The molecule has 0 saturated heterocycles. The molecule has 0 aliphatic heterocycles. The molecule has 0 saturated carbocycles. The van der Waals surface area contributed by atoms with E-state index in [0.717, 1.165) is 13.1 Å². The molecule has 0 fully saturated rings. The summed E-state index contributed by atoms with van der Waals surface area (Å²) < 4.78 is 11.6. The van der Waals surface area contributed by atoms with Crippen molar-refractivity contribution in [3.8, 4) is 0 Å². The first-order valence-corrected chi connectivity index (χ1v) is 3.63. The number of thiol groups is 1. The van der Waals surface area contributed by atoms with Gasteiger partial charge in [0.05, 0.1) is 13.2 Å². The number of hydrogen-bond donors (Lipinski definition) is 1. The molecule has 0 aromatic rings. The van der Waals surface area contributed by atoms with Crippen LogP contribution in [0.15, 0.2) is 0 Å². The second kappa shape index (κ2) is 17.9. The molecular formula is C6H18F3NO2S. The van der Waals surface area contributed by atoms with E-state index in [1.54, 1.807) is 14.2 Å². The van der Waals surface area contributed by atoms with Gasteiger partial charge in [-0.2, -0.15) is 0 Å². The zero-order chi connectivity index (χ0) is 7.82. The fraction of sp³-hybridized carbons (Fsp3) is 1.00. The van der Waals surface area contributed by atoms with Gasteiger partial charge in [0.25, 0.3) is 0 Å². The average molecular weight is 225 g/mol. The van der Waals surface area contributed by atoms with Crippen molar-refractivity contribution in [2.24, 2.45) is 0 Å². The monoisotopic (exact) mass is 225 g/mol. The van der Waals surface area contributed by atoms with E-state index in [2.05, 4.69) is 12.8 Å². The lowest BCUT2D eigenvalue weighted by atomic mass is 10.6. The summed E-state index contributed by atoms with van der Waals surface area (Å²) in [6.07, 6.45) is 0. The Hall–Kier alpha value is 0.0200. The van der Waals surface area contributed by atoms with Gasteiger partial charge in [0.15, 0.2) is 0 Å². The van der Waals surface area contributed by atoms with E-state index in [1.807, 2.05) is 4.31 Å². The van der Waals surface area contributed by atoms with Crippen LogP contribution in [0.1, 0.15) is 0 Å². The van der Waals surface area contributed by atoms with E-state index in [4.69, 9.17) is 9.47 Å². The van der Waals surface area contributed by atoms with Crippen molar-refractivity contribution in [2.45, 2.75) is 0 Å². The van der Waals surface area contributed by atoms with Crippen molar-refractivity contribution in [1.29, 1.82) is 0 Å². The summed E-state index contributed by atoms with van der Waals surface area (Å²) in [6.45, 7) is 3.10. The molecule has 0 aliphatic carbocycles. The molecule has 86 valence electrons. The lowest BCUT2D eigenvalue weighted by Crippen LogP contribution is -2.21. The zero-order valence-corrected chi connectivity index (χ0v) is 8.66. The van der Waals surface area contributed by atoms with E-state index in [1.165, 1.54) is 0 Å². The van der Waals surface area contributed by atoms with Crippen LogP contribution in [0.25, 0.3) is 0 Å². The summed E-state index contributed by atoms with van der Waals surface area (Å²) in [5, 5.41) is 0. The maximum absolute atomic E-state index is 4.86. The van der Waals surface area contributed by atoms with Gasteiger partial charge in [-0.3, -0.25) is 14.1 Å². The average Bonchev–Trinajstić information content (AvgIpc) is 1.97. The Bertz CT molecular complexity index is 74.9. The van der Waals surface area contributed by atoms with Gasteiger partial charge in [0.2, 0.25) is 0 Å². The Morgan fingerprint density at radius 2 is 1.23 bits per heavy atom. The van der Waals surface area contributed by atoms with Crippen LogP contribution in [0.5, 0.6) is 0 Å². The van der Waals surface area contributed by atoms with Crippen LogP contribution in [0.3, 0.4) is 0 Å². The Labute approximate surface area is 82.0 Å². The van der Waals surface area contributed by atoms with Crippen LogP contribution < -0.4 is 0 Å². The van der Waals surface area contributed by atoms with Gasteiger partial charge in [-0.25, -0.2) is 4.31 Å². The van der Waals surface area contributed by atoms with Crippen molar-refractivity contribution < 1.29 is 23.6 Å². The minimum Gasteiger partial charge on any atom is -0.383 e. The highest BCUT2D eigenvalue weighted by atomic mass is 32.1. The normalized spacial score (nSPS) is 8.31. The molecule has 0 aliphatic rings. The molecule has 0 amide bonds. The minimum atomic E-state index is 0. The van der Waals surface area contributed by atoms with Crippen molar-refractivity contribution in [3.63, 3.8) is 0 Å². The highest BCUT2D eigenvalue weighted by Crippen LogP contribution is 1.91. The molecule has 0 heterocycles. The standard InChI is InChI=1S/C6H15NO2S.3FH/c1-8-5-3-7(10)4-6-9-2;;;/h10H,3-6H2,1-2H3;3*1H. The topological polar surface area (TPSA) is 21.7 Å². The highest BCUT2D eigenvalue weighted by molar-refractivity contribution is 7.77. The Morgan fingerprint density at radius 1 is 0.923 bits per heavy atom. The Balaban J connectivity index is -0.000000135. The molecule has 13 heavy (non-hydrogen) atoms.